The molecule has 2 nitrogen and oxygen atoms in total. The van der Waals surface area contributed by atoms with Crippen molar-refractivity contribution in [3.63, 3.8) is 0 Å². The highest BCUT2D eigenvalue weighted by molar-refractivity contribution is 9.10. The summed E-state index contributed by atoms with van der Waals surface area (Å²) in [7, 11) is 0.496. The summed E-state index contributed by atoms with van der Waals surface area (Å²) < 4.78 is 9.69. The van der Waals surface area contributed by atoms with E-state index in [2.05, 4.69) is 85.7 Å². The van der Waals surface area contributed by atoms with E-state index in [1.54, 1.807) is 0 Å². The first-order chi connectivity index (χ1) is 9.62. The second kappa shape index (κ2) is 5.90. The van der Waals surface area contributed by atoms with Gasteiger partial charge in [0.15, 0.2) is 8.32 Å². The minimum atomic E-state index is -1.64. The van der Waals surface area contributed by atoms with Gasteiger partial charge >= 0.3 is 0 Å². The van der Waals surface area contributed by atoms with E-state index in [1.165, 1.54) is 16.6 Å². The van der Waals surface area contributed by atoms with Crippen molar-refractivity contribution in [2.45, 2.75) is 45.3 Å². The lowest BCUT2D eigenvalue weighted by atomic mass is 10.2. The quantitative estimate of drug-likeness (QED) is 0.650. The highest BCUT2D eigenvalue weighted by atomic mass is 79.9. The summed E-state index contributed by atoms with van der Waals surface area (Å²) in [4.78, 5) is 0. The van der Waals surface area contributed by atoms with Crippen LogP contribution in [-0.2, 0) is 17.9 Å². The Kier molecular flexibility index (Phi) is 4.71. The van der Waals surface area contributed by atoms with Crippen LogP contribution in [0.3, 0.4) is 0 Å². The van der Waals surface area contributed by atoms with Gasteiger partial charge in [0, 0.05) is 41.1 Å². The number of rotatable bonds is 4. The summed E-state index contributed by atoms with van der Waals surface area (Å²) in [6.07, 6.45) is 0.968. The predicted octanol–water partition coefficient (Wildman–Crippen LogP) is 5.51. The summed E-state index contributed by atoms with van der Waals surface area (Å²) in [6.45, 7) is 12.3. The molecular weight excluding hydrogens is 342 g/mol. The fourth-order valence-electron chi connectivity index (χ4n) is 2.24. The van der Waals surface area contributed by atoms with Crippen LogP contribution in [-0.4, -0.2) is 19.5 Å². The molecular formula is C17H26BrNOSi. The van der Waals surface area contributed by atoms with Crippen molar-refractivity contribution >= 4 is 35.2 Å². The maximum absolute atomic E-state index is 6.29. The van der Waals surface area contributed by atoms with Crippen molar-refractivity contribution in [1.29, 1.82) is 0 Å². The number of aromatic nitrogens is 1. The van der Waals surface area contributed by atoms with Crippen molar-refractivity contribution in [3.05, 3.63) is 34.4 Å². The standard InChI is InChI=1S/C17H26BrNOSi/c1-17(2,3)21(5,6)20-10-9-15-12-13-11-14(18)7-8-16(13)19(15)4/h7-8,11-12H,9-10H2,1-6H3. The maximum Gasteiger partial charge on any atom is 0.191 e. The molecule has 0 atom stereocenters. The van der Waals surface area contributed by atoms with Gasteiger partial charge in [-0.3, -0.25) is 0 Å². The Morgan fingerprint density at radius 2 is 1.86 bits per heavy atom. The Bertz CT molecular complexity index is 640. The van der Waals surface area contributed by atoms with Crippen molar-refractivity contribution in [3.8, 4) is 0 Å². The summed E-state index contributed by atoms with van der Waals surface area (Å²) in [5.74, 6) is 0. The predicted molar refractivity (Wildman–Crippen MR) is 97.5 cm³/mol. The van der Waals surface area contributed by atoms with Crippen LogP contribution in [0.15, 0.2) is 28.7 Å². The minimum Gasteiger partial charge on any atom is -0.416 e. The zero-order valence-electron chi connectivity index (χ0n) is 14.0. The number of halogens is 1. The molecule has 0 aliphatic heterocycles. The smallest absolute Gasteiger partial charge is 0.191 e. The number of fused-ring (bicyclic) bond motifs is 1. The number of hydrogen-bond acceptors (Lipinski definition) is 1. The molecule has 0 aliphatic carbocycles. The third kappa shape index (κ3) is 3.61. The lowest BCUT2D eigenvalue weighted by molar-refractivity contribution is 0.290. The molecule has 0 bridgehead atoms. The van der Waals surface area contributed by atoms with E-state index < -0.39 is 8.32 Å². The van der Waals surface area contributed by atoms with Gasteiger partial charge < -0.3 is 8.99 Å². The van der Waals surface area contributed by atoms with Crippen molar-refractivity contribution in [2.24, 2.45) is 7.05 Å². The average Bonchev–Trinajstić information content (AvgIpc) is 2.64. The van der Waals surface area contributed by atoms with Gasteiger partial charge in [0.2, 0.25) is 0 Å². The van der Waals surface area contributed by atoms with E-state index in [1.807, 2.05) is 0 Å². The number of hydrogen-bond donors (Lipinski definition) is 0. The second-order valence-electron chi connectivity index (χ2n) is 7.26. The van der Waals surface area contributed by atoms with Gasteiger partial charge in [-0.1, -0.05) is 36.7 Å². The molecule has 0 unspecified atom stereocenters. The number of benzene rings is 1. The van der Waals surface area contributed by atoms with Gasteiger partial charge in [-0.25, -0.2) is 0 Å². The first-order valence-corrected chi connectivity index (χ1v) is 11.2. The molecule has 4 heteroatoms. The molecule has 1 heterocycles. The Balaban J connectivity index is 2.09. The molecule has 21 heavy (non-hydrogen) atoms. The molecule has 0 saturated carbocycles. The van der Waals surface area contributed by atoms with Gasteiger partial charge in [0.25, 0.3) is 0 Å². The van der Waals surface area contributed by atoms with Gasteiger partial charge in [-0.2, -0.15) is 0 Å². The van der Waals surface area contributed by atoms with Crippen LogP contribution in [0.4, 0.5) is 0 Å². The molecule has 0 N–H and O–H groups in total. The molecule has 116 valence electrons. The van der Waals surface area contributed by atoms with Crippen LogP contribution in [0.1, 0.15) is 26.5 Å². The minimum absolute atomic E-state index is 0.275. The molecule has 0 amide bonds. The fraction of sp³-hybridized carbons (Fsp3) is 0.529. The van der Waals surface area contributed by atoms with Gasteiger partial charge in [-0.05, 0) is 42.4 Å². The van der Waals surface area contributed by atoms with E-state index in [4.69, 9.17) is 4.43 Å². The zero-order valence-corrected chi connectivity index (χ0v) is 16.5. The largest absolute Gasteiger partial charge is 0.416 e. The Labute approximate surface area is 137 Å². The molecule has 1 aromatic heterocycles. The Hall–Kier alpha value is -0.583. The summed E-state index contributed by atoms with van der Waals surface area (Å²) in [5.41, 5.74) is 2.61. The van der Waals surface area contributed by atoms with E-state index in [0.717, 1.165) is 17.5 Å². The van der Waals surface area contributed by atoms with Crippen LogP contribution in [0.25, 0.3) is 10.9 Å². The molecule has 0 radical (unpaired) electrons. The topological polar surface area (TPSA) is 14.2 Å². The number of aryl methyl sites for hydroxylation is 1. The molecule has 2 rings (SSSR count). The van der Waals surface area contributed by atoms with E-state index >= 15 is 0 Å². The Morgan fingerprint density at radius 1 is 1.19 bits per heavy atom. The Morgan fingerprint density at radius 3 is 2.48 bits per heavy atom. The maximum atomic E-state index is 6.29. The van der Waals surface area contributed by atoms with Crippen LogP contribution >= 0.6 is 15.9 Å². The monoisotopic (exact) mass is 367 g/mol. The SMILES string of the molecule is Cn1c(CCO[Si](C)(C)C(C)(C)C)cc2cc(Br)ccc21. The normalized spacial score (nSPS) is 13.1. The van der Waals surface area contributed by atoms with Gasteiger partial charge in [0.05, 0.1) is 0 Å². The molecule has 0 fully saturated rings. The van der Waals surface area contributed by atoms with Gasteiger partial charge in [0.1, 0.15) is 0 Å². The first-order valence-electron chi connectivity index (χ1n) is 7.50. The number of nitrogens with zero attached hydrogens (tertiary/aromatic N) is 1. The average molecular weight is 368 g/mol. The van der Waals surface area contributed by atoms with Crippen LogP contribution in [0.5, 0.6) is 0 Å². The van der Waals surface area contributed by atoms with E-state index in [-0.39, 0.29) is 5.04 Å². The van der Waals surface area contributed by atoms with E-state index in [0.29, 0.717) is 0 Å². The fourth-order valence-corrected chi connectivity index (χ4v) is 3.67. The zero-order chi connectivity index (χ0) is 15.8. The van der Waals surface area contributed by atoms with Crippen molar-refractivity contribution < 1.29 is 4.43 Å². The third-order valence-electron chi connectivity index (χ3n) is 4.73. The van der Waals surface area contributed by atoms with Crippen LogP contribution in [0.2, 0.25) is 18.1 Å². The highest BCUT2D eigenvalue weighted by Gasteiger charge is 2.36. The van der Waals surface area contributed by atoms with E-state index in [9.17, 15) is 0 Å². The van der Waals surface area contributed by atoms with Crippen molar-refractivity contribution in [2.75, 3.05) is 6.61 Å². The second-order valence-corrected chi connectivity index (χ2v) is 13.0. The molecule has 1 aromatic carbocycles. The van der Waals surface area contributed by atoms with Crippen LogP contribution < -0.4 is 0 Å². The summed E-state index contributed by atoms with van der Waals surface area (Å²) >= 11 is 3.54. The molecule has 0 aliphatic rings. The molecule has 2 aromatic rings. The van der Waals surface area contributed by atoms with Crippen LogP contribution in [0, 0.1) is 0 Å². The third-order valence-corrected chi connectivity index (χ3v) is 9.76. The molecule has 0 spiro atoms. The lowest BCUT2D eigenvalue weighted by Gasteiger charge is -2.36. The summed E-state index contributed by atoms with van der Waals surface area (Å²) in [5, 5.41) is 1.56. The first kappa shape index (κ1) is 16.8. The lowest BCUT2D eigenvalue weighted by Crippen LogP contribution is -2.41. The molecule has 0 saturated heterocycles. The van der Waals surface area contributed by atoms with Crippen molar-refractivity contribution in [1.82, 2.24) is 4.57 Å². The van der Waals surface area contributed by atoms with Gasteiger partial charge in [-0.15, -0.1) is 0 Å². The summed E-state index contributed by atoms with van der Waals surface area (Å²) in [6, 6.07) is 8.71. The highest BCUT2D eigenvalue weighted by Crippen LogP contribution is 2.36.